The molecule has 1 heterocycles. The monoisotopic (exact) mass is 273 g/mol. The summed E-state index contributed by atoms with van der Waals surface area (Å²) >= 11 is 0. The summed E-state index contributed by atoms with van der Waals surface area (Å²) in [5.41, 5.74) is 8.39. The van der Waals surface area contributed by atoms with E-state index in [1.165, 1.54) is 5.56 Å². The summed E-state index contributed by atoms with van der Waals surface area (Å²) in [7, 11) is 0. The van der Waals surface area contributed by atoms with Gasteiger partial charge in [0, 0.05) is 36.8 Å². The van der Waals surface area contributed by atoms with Crippen molar-refractivity contribution in [2.45, 2.75) is 38.1 Å². The molecular weight excluding hydrogens is 250 g/mol. The summed E-state index contributed by atoms with van der Waals surface area (Å²) in [5.74, 6) is 0. The van der Waals surface area contributed by atoms with Gasteiger partial charge in [-0.25, -0.2) is 4.79 Å². The van der Waals surface area contributed by atoms with Gasteiger partial charge in [0.15, 0.2) is 0 Å². The highest BCUT2D eigenvalue weighted by Gasteiger charge is 2.46. The molecule has 2 N–H and O–H groups in total. The second-order valence-electron chi connectivity index (χ2n) is 6.22. The van der Waals surface area contributed by atoms with Gasteiger partial charge in [-0.2, -0.15) is 0 Å². The predicted molar refractivity (Wildman–Crippen MR) is 81.0 cm³/mol. The molecule has 1 aliphatic carbocycles. The molecule has 0 bridgehead atoms. The van der Waals surface area contributed by atoms with Crippen molar-refractivity contribution < 1.29 is 4.79 Å². The number of nitrogens with zero attached hydrogens (tertiary/aromatic N) is 2. The van der Waals surface area contributed by atoms with Gasteiger partial charge in [-0.3, -0.25) is 4.90 Å². The molecule has 3 rings (SSSR count). The summed E-state index contributed by atoms with van der Waals surface area (Å²) in [6, 6.07) is 8.64. The van der Waals surface area contributed by atoms with Gasteiger partial charge in [-0.15, -0.1) is 0 Å². The Hall–Kier alpha value is -1.55. The second kappa shape index (κ2) is 4.77. The van der Waals surface area contributed by atoms with E-state index in [9.17, 15) is 4.79 Å². The van der Waals surface area contributed by atoms with E-state index >= 15 is 0 Å². The van der Waals surface area contributed by atoms with E-state index in [0.29, 0.717) is 6.54 Å². The molecule has 1 saturated heterocycles. The van der Waals surface area contributed by atoms with Gasteiger partial charge < -0.3 is 10.6 Å². The Bertz CT molecular complexity index is 522. The maximum Gasteiger partial charge on any atom is 0.324 e. The molecule has 2 amide bonds. The van der Waals surface area contributed by atoms with E-state index in [1.807, 2.05) is 15.9 Å². The van der Waals surface area contributed by atoms with Gasteiger partial charge in [0.2, 0.25) is 0 Å². The zero-order chi connectivity index (χ0) is 14.3. The normalized spacial score (nSPS) is 20.9. The molecule has 2 aliphatic rings. The van der Waals surface area contributed by atoms with Crippen molar-refractivity contribution in [2.24, 2.45) is 5.73 Å². The van der Waals surface area contributed by atoms with Crippen molar-refractivity contribution in [3.63, 3.8) is 0 Å². The molecule has 20 heavy (non-hydrogen) atoms. The number of nitrogens with two attached hydrogens (primary N) is 1. The number of urea groups is 1. The minimum Gasteiger partial charge on any atom is -0.330 e. The fraction of sp³-hybridized carbons (Fsp3) is 0.562. The number of para-hydroxylation sites is 1. The van der Waals surface area contributed by atoms with Crippen LogP contribution in [0.2, 0.25) is 0 Å². The molecule has 108 valence electrons. The average molecular weight is 273 g/mol. The number of carbonyl (C=O) groups is 1. The topological polar surface area (TPSA) is 49.6 Å². The molecule has 0 spiro atoms. The zero-order valence-corrected chi connectivity index (χ0v) is 12.3. The van der Waals surface area contributed by atoms with Crippen LogP contribution in [0.4, 0.5) is 10.5 Å². The van der Waals surface area contributed by atoms with E-state index in [4.69, 9.17) is 5.73 Å². The average Bonchev–Trinajstić information content (AvgIpc) is 3.15. The van der Waals surface area contributed by atoms with Gasteiger partial charge in [0.25, 0.3) is 0 Å². The van der Waals surface area contributed by atoms with Crippen molar-refractivity contribution in [2.75, 3.05) is 24.5 Å². The van der Waals surface area contributed by atoms with Gasteiger partial charge in [0.1, 0.15) is 0 Å². The number of hydrogen-bond acceptors (Lipinski definition) is 2. The van der Waals surface area contributed by atoms with Crippen molar-refractivity contribution >= 4 is 11.7 Å². The first kappa shape index (κ1) is 13.4. The van der Waals surface area contributed by atoms with Crippen LogP contribution >= 0.6 is 0 Å². The first-order chi connectivity index (χ1) is 9.59. The molecule has 0 unspecified atom stereocenters. The quantitative estimate of drug-likeness (QED) is 0.915. The number of anilines is 1. The Morgan fingerprint density at radius 1 is 1.25 bits per heavy atom. The van der Waals surface area contributed by atoms with E-state index in [1.54, 1.807) is 0 Å². The fourth-order valence-electron chi connectivity index (χ4n) is 3.15. The molecular formula is C16H23N3O. The fourth-order valence-corrected chi connectivity index (χ4v) is 3.15. The number of rotatable bonds is 4. The molecule has 1 saturated carbocycles. The molecule has 4 heteroatoms. The largest absolute Gasteiger partial charge is 0.330 e. The van der Waals surface area contributed by atoms with Crippen molar-refractivity contribution in [3.05, 3.63) is 29.8 Å². The van der Waals surface area contributed by atoms with E-state index < -0.39 is 0 Å². The Kier molecular flexibility index (Phi) is 3.21. The Morgan fingerprint density at radius 2 is 1.95 bits per heavy atom. The van der Waals surface area contributed by atoms with Crippen LogP contribution in [0, 0.1) is 0 Å². The standard InChI is InChI=1S/C16H23N3O/c1-12(2)18-9-10-19(15(18)20)14-6-4-3-5-13(14)16(11-17)7-8-16/h3-6,12H,7-11,17H2,1-2H3. The Balaban J connectivity index is 1.94. The molecule has 0 radical (unpaired) electrons. The minimum absolute atomic E-state index is 0.113. The summed E-state index contributed by atoms with van der Waals surface area (Å²) < 4.78 is 0. The number of amides is 2. The molecule has 0 atom stereocenters. The first-order valence-corrected chi connectivity index (χ1v) is 7.47. The van der Waals surface area contributed by atoms with Crippen LogP contribution in [0.1, 0.15) is 32.3 Å². The molecule has 1 aromatic carbocycles. The second-order valence-corrected chi connectivity index (χ2v) is 6.22. The summed E-state index contributed by atoms with van der Waals surface area (Å²) in [5, 5.41) is 0. The third-order valence-corrected chi connectivity index (χ3v) is 4.67. The lowest BCUT2D eigenvalue weighted by Crippen LogP contribution is -2.37. The van der Waals surface area contributed by atoms with E-state index in [-0.39, 0.29) is 17.5 Å². The maximum absolute atomic E-state index is 12.6. The van der Waals surface area contributed by atoms with Gasteiger partial charge in [-0.1, -0.05) is 18.2 Å². The highest BCUT2D eigenvalue weighted by atomic mass is 16.2. The zero-order valence-electron chi connectivity index (χ0n) is 12.3. The maximum atomic E-state index is 12.6. The molecule has 0 aromatic heterocycles. The summed E-state index contributed by atoms with van der Waals surface area (Å²) in [4.78, 5) is 16.4. The lowest BCUT2D eigenvalue weighted by molar-refractivity contribution is 0.209. The summed E-state index contributed by atoms with van der Waals surface area (Å²) in [6.45, 7) is 6.38. The van der Waals surface area contributed by atoms with E-state index in [0.717, 1.165) is 31.6 Å². The van der Waals surface area contributed by atoms with Crippen molar-refractivity contribution in [1.82, 2.24) is 4.90 Å². The highest BCUT2D eigenvalue weighted by molar-refractivity contribution is 5.95. The Morgan fingerprint density at radius 3 is 2.50 bits per heavy atom. The highest BCUT2D eigenvalue weighted by Crippen LogP contribution is 2.50. The van der Waals surface area contributed by atoms with Crippen LogP contribution in [0.15, 0.2) is 24.3 Å². The van der Waals surface area contributed by atoms with Crippen LogP contribution in [-0.4, -0.2) is 36.6 Å². The summed E-state index contributed by atoms with van der Waals surface area (Å²) in [6.07, 6.45) is 2.27. The lowest BCUT2D eigenvalue weighted by atomic mass is 9.94. The number of carbonyl (C=O) groups excluding carboxylic acids is 1. The van der Waals surface area contributed by atoms with Gasteiger partial charge >= 0.3 is 6.03 Å². The van der Waals surface area contributed by atoms with Crippen LogP contribution < -0.4 is 10.6 Å². The van der Waals surface area contributed by atoms with Crippen molar-refractivity contribution in [3.8, 4) is 0 Å². The number of hydrogen-bond donors (Lipinski definition) is 1. The van der Waals surface area contributed by atoms with Crippen molar-refractivity contribution in [1.29, 1.82) is 0 Å². The van der Waals surface area contributed by atoms with Crippen LogP contribution in [-0.2, 0) is 5.41 Å². The van der Waals surface area contributed by atoms with Crippen LogP contribution in [0.5, 0.6) is 0 Å². The third kappa shape index (κ3) is 1.99. The first-order valence-electron chi connectivity index (χ1n) is 7.47. The van der Waals surface area contributed by atoms with Gasteiger partial charge in [-0.05, 0) is 38.3 Å². The van der Waals surface area contributed by atoms with Crippen LogP contribution in [0.3, 0.4) is 0 Å². The molecule has 1 aliphatic heterocycles. The number of benzene rings is 1. The molecule has 4 nitrogen and oxygen atoms in total. The Labute approximate surface area is 120 Å². The lowest BCUT2D eigenvalue weighted by Gasteiger charge is -2.25. The molecule has 2 fully saturated rings. The predicted octanol–water partition coefficient (Wildman–Crippen LogP) is 2.33. The molecule has 1 aromatic rings. The smallest absolute Gasteiger partial charge is 0.324 e. The minimum atomic E-state index is 0.113. The SMILES string of the molecule is CC(C)N1CCN(c2ccccc2C2(CN)CC2)C1=O. The van der Waals surface area contributed by atoms with Crippen LogP contribution in [0.25, 0.3) is 0 Å². The van der Waals surface area contributed by atoms with Gasteiger partial charge in [0.05, 0.1) is 0 Å². The third-order valence-electron chi connectivity index (χ3n) is 4.67. The van der Waals surface area contributed by atoms with E-state index in [2.05, 4.69) is 32.0 Å².